The second-order valence-electron chi connectivity index (χ2n) is 10.8. The van der Waals surface area contributed by atoms with Crippen molar-refractivity contribution < 1.29 is 13.1 Å². The molecule has 3 heterocycles. The van der Waals surface area contributed by atoms with E-state index in [9.17, 15) is 0 Å². The Hall–Kier alpha value is -4.55. The number of ether oxygens (including phenoxy) is 1. The van der Waals surface area contributed by atoms with Gasteiger partial charge in [-0.05, 0) is 53.4 Å². The standard InChI is InChI=1S/C34H27N3O2S/c1-34(2,3)23-17-18-35-33(19-23)40-37-22-36(29-12-5-6-13-30(29)37)24-9-8-10-25(20-24)38-26-15-16-28-27-11-4-7-14-31(27)39-32(28)21-26/h4-21H,1-3H3. The van der Waals surface area contributed by atoms with Gasteiger partial charge in [-0.3, -0.25) is 0 Å². The third-order valence-electron chi connectivity index (χ3n) is 6.98. The molecule has 0 saturated carbocycles. The van der Waals surface area contributed by atoms with Gasteiger partial charge in [-0.2, -0.15) is 0 Å². The molecular weight excluding hydrogens is 514 g/mol. The number of rotatable bonds is 5. The molecule has 6 heteroatoms. The Morgan fingerprint density at radius 1 is 0.800 bits per heavy atom. The monoisotopic (exact) mass is 541 g/mol. The van der Waals surface area contributed by atoms with Gasteiger partial charge in [-0.25, -0.2) is 8.96 Å². The smallest absolute Gasteiger partial charge is 0.257 e. The van der Waals surface area contributed by atoms with Gasteiger partial charge in [0.2, 0.25) is 0 Å². The fourth-order valence-electron chi connectivity index (χ4n) is 4.90. The summed E-state index contributed by atoms with van der Waals surface area (Å²) in [5.41, 5.74) is 6.03. The number of pyridine rings is 1. The Morgan fingerprint density at radius 3 is 2.50 bits per heavy atom. The van der Waals surface area contributed by atoms with Crippen LogP contribution in [-0.2, 0) is 5.41 Å². The van der Waals surface area contributed by atoms with Crippen molar-refractivity contribution in [1.29, 1.82) is 0 Å². The molecule has 0 fully saturated rings. The highest BCUT2D eigenvalue weighted by molar-refractivity contribution is 7.92. The lowest BCUT2D eigenvalue weighted by Gasteiger charge is -2.18. The van der Waals surface area contributed by atoms with Crippen molar-refractivity contribution in [2.24, 2.45) is 0 Å². The van der Waals surface area contributed by atoms with Crippen LogP contribution >= 0.6 is 11.9 Å². The zero-order chi connectivity index (χ0) is 27.3. The minimum atomic E-state index is 0.0516. The number of nitrogens with zero attached hydrogens (tertiary/aromatic N) is 3. The van der Waals surface area contributed by atoms with Crippen LogP contribution in [0, 0.1) is 6.33 Å². The van der Waals surface area contributed by atoms with E-state index in [0.717, 1.165) is 55.2 Å². The summed E-state index contributed by atoms with van der Waals surface area (Å²) in [5.74, 6) is 1.46. The predicted octanol–water partition coefficient (Wildman–Crippen LogP) is 8.66. The molecule has 0 N–H and O–H groups in total. The number of benzene rings is 4. The Morgan fingerprint density at radius 2 is 1.60 bits per heavy atom. The highest BCUT2D eigenvalue weighted by atomic mass is 32.2. The number of hydrogen-bond donors (Lipinski definition) is 0. The minimum Gasteiger partial charge on any atom is -0.458 e. The summed E-state index contributed by atoms with van der Waals surface area (Å²) in [4.78, 5) is 4.62. The predicted molar refractivity (Wildman–Crippen MR) is 160 cm³/mol. The van der Waals surface area contributed by atoms with Crippen LogP contribution in [0.5, 0.6) is 11.5 Å². The molecule has 3 aromatic heterocycles. The van der Waals surface area contributed by atoms with E-state index in [1.165, 1.54) is 5.56 Å². The largest absolute Gasteiger partial charge is 0.458 e. The van der Waals surface area contributed by atoms with Crippen molar-refractivity contribution in [2.75, 3.05) is 0 Å². The summed E-state index contributed by atoms with van der Waals surface area (Å²) >= 11 is 1.56. The summed E-state index contributed by atoms with van der Waals surface area (Å²) in [5, 5.41) is 3.11. The van der Waals surface area contributed by atoms with Crippen molar-refractivity contribution in [3.63, 3.8) is 0 Å². The van der Waals surface area contributed by atoms with E-state index in [0.29, 0.717) is 0 Å². The van der Waals surface area contributed by atoms with Crippen LogP contribution in [0.4, 0.5) is 0 Å². The van der Waals surface area contributed by atoms with Crippen molar-refractivity contribution >= 4 is 44.9 Å². The first-order valence-corrected chi connectivity index (χ1v) is 14.0. The van der Waals surface area contributed by atoms with Gasteiger partial charge in [0, 0.05) is 23.0 Å². The zero-order valence-corrected chi connectivity index (χ0v) is 23.3. The number of para-hydroxylation sites is 3. The lowest BCUT2D eigenvalue weighted by Crippen LogP contribution is -2.24. The Balaban J connectivity index is 1.22. The molecule has 40 heavy (non-hydrogen) atoms. The molecule has 0 radical (unpaired) electrons. The average molecular weight is 542 g/mol. The van der Waals surface area contributed by atoms with Crippen LogP contribution < -0.4 is 8.71 Å². The zero-order valence-electron chi connectivity index (χ0n) is 22.5. The Kier molecular flexibility index (Phi) is 5.86. The van der Waals surface area contributed by atoms with Crippen LogP contribution in [-0.4, -0.2) is 9.55 Å². The van der Waals surface area contributed by atoms with E-state index in [1.54, 1.807) is 11.9 Å². The fourth-order valence-corrected chi connectivity index (χ4v) is 5.75. The highest BCUT2D eigenvalue weighted by Gasteiger charge is 2.17. The molecule has 4 aromatic carbocycles. The highest BCUT2D eigenvalue weighted by Crippen LogP contribution is 2.33. The first-order valence-electron chi connectivity index (χ1n) is 13.2. The number of hydrogen-bond acceptors (Lipinski definition) is 4. The molecule has 0 spiro atoms. The topological polar surface area (TPSA) is 44.1 Å². The van der Waals surface area contributed by atoms with Gasteiger partial charge in [0.25, 0.3) is 6.33 Å². The summed E-state index contributed by atoms with van der Waals surface area (Å²) in [6.07, 6.45) is 5.41. The van der Waals surface area contributed by atoms with Crippen LogP contribution in [0.15, 0.2) is 119 Å². The first-order chi connectivity index (χ1) is 19.4. The maximum Gasteiger partial charge on any atom is 0.257 e. The number of fused-ring (bicyclic) bond motifs is 4. The van der Waals surface area contributed by atoms with Crippen LogP contribution in [0.1, 0.15) is 26.3 Å². The van der Waals surface area contributed by atoms with E-state index in [2.05, 4.69) is 79.1 Å². The van der Waals surface area contributed by atoms with E-state index >= 15 is 0 Å². The molecule has 0 aliphatic rings. The van der Waals surface area contributed by atoms with Crippen molar-refractivity contribution in [2.45, 2.75) is 31.2 Å². The number of aromatic nitrogens is 3. The van der Waals surface area contributed by atoms with Crippen LogP contribution in [0.2, 0.25) is 0 Å². The van der Waals surface area contributed by atoms with E-state index < -0.39 is 0 Å². The van der Waals surface area contributed by atoms with E-state index in [-0.39, 0.29) is 5.41 Å². The van der Waals surface area contributed by atoms with Crippen LogP contribution in [0.25, 0.3) is 38.7 Å². The third kappa shape index (κ3) is 4.50. The van der Waals surface area contributed by atoms with Gasteiger partial charge in [0.05, 0.1) is 16.7 Å². The first kappa shape index (κ1) is 24.5. The summed E-state index contributed by atoms with van der Waals surface area (Å²) in [6, 6.07) is 34.6. The molecule has 0 amide bonds. The van der Waals surface area contributed by atoms with Crippen molar-refractivity contribution in [3.05, 3.63) is 121 Å². The lowest BCUT2D eigenvalue weighted by molar-refractivity contribution is -0.469. The molecule has 0 unspecified atom stereocenters. The average Bonchev–Trinajstić information content (AvgIpc) is 3.51. The number of imidazole rings is 1. The van der Waals surface area contributed by atoms with Gasteiger partial charge in [-0.15, -0.1) is 0 Å². The third-order valence-corrected chi connectivity index (χ3v) is 7.85. The van der Waals surface area contributed by atoms with Crippen LogP contribution in [0.3, 0.4) is 0 Å². The van der Waals surface area contributed by atoms with Gasteiger partial charge in [0.1, 0.15) is 39.6 Å². The lowest BCUT2D eigenvalue weighted by atomic mass is 9.88. The molecule has 7 aromatic rings. The molecule has 0 saturated heterocycles. The Labute approximate surface area is 236 Å². The maximum absolute atomic E-state index is 6.29. The van der Waals surface area contributed by atoms with Crippen molar-refractivity contribution in [1.82, 2.24) is 9.55 Å². The quantitative estimate of drug-likeness (QED) is 0.162. The summed E-state index contributed by atoms with van der Waals surface area (Å²) < 4.78 is 16.5. The molecule has 0 bridgehead atoms. The van der Waals surface area contributed by atoms with Crippen molar-refractivity contribution in [3.8, 4) is 17.2 Å². The molecular formula is C34H27N3O2S. The van der Waals surface area contributed by atoms with Gasteiger partial charge in [-0.1, -0.05) is 75.4 Å². The molecule has 5 nitrogen and oxygen atoms in total. The number of furan rings is 1. The van der Waals surface area contributed by atoms with Gasteiger partial charge >= 0.3 is 0 Å². The van der Waals surface area contributed by atoms with E-state index in [4.69, 9.17) is 9.15 Å². The van der Waals surface area contributed by atoms with Gasteiger partial charge < -0.3 is 13.7 Å². The Bertz CT molecular complexity index is 2020. The molecule has 0 aliphatic carbocycles. The maximum atomic E-state index is 6.29. The normalized spacial score (nSPS) is 12.0. The molecule has 196 valence electrons. The van der Waals surface area contributed by atoms with E-state index in [1.807, 2.05) is 70.8 Å². The van der Waals surface area contributed by atoms with Gasteiger partial charge in [0.15, 0.2) is 0 Å². The summed E-state index contributed by atoms with van der Waals surface area (Å²) in [6.45, 7) is 6.64. The molecule has 0 atom stereocenters. The molecule has 0 aliphatic heterocycles. The second-order valence-corrected chi connectivity index (χ2v) is 11.8. The fraction of sp³-hybridized carbons (Fsp3) is 0.118. The SMILES string of the molecule is CC(C)(C)c1ccnc(S[n+]2[c-]n(-c3cccc(Oc4ccc5c(c4)oc4ccccc45)c3)c3ccccc32)c1. The molecule has 7 rings (SSSR count). The minimum absolute atomic E-state index is 0.0516. The second kappa shape index (κ2) is 9.57. The summed E-state index contributed by atoms with van der Waals surface area (Å²) in [7, 11) is 0.